The van der Waals surface area contributed by atoms with Crippen molar-refractivity contribution < 1.29 is 23.4 Å². The van der Waals surface area contributed by atoms with Crippen LogP contribution >= 0.6 is 11.8 Å². The van der Waals surface area contributed by atoms with Gasteiger partial charge in [-0.2, -0.15) is 16.1 Å². The van der Waals surface area contributed by atoms with E-state index >= 15 is 0 Å². The Morgan fingerprint density at radius 3 is 2.19 bits per heavy atom. The Labute approximate surface area is 224 Å². The molecule has 0 radical (unpaired) electrons. The zero-order chi connectivity index (χ0) is 26.6. The first-order chi connectivity index (χ1) is 17.6. The number of carboxylic acids is 1. The van der Waals surface area contributed by atoms with Crippen LogP contribution in [0.4, 0.5) is 0 Å². The summed E-state index contributed by atoms with van der Waals surface area (Å²) >= 11 is 1.48. The molecule has 1 atom stereocenters. The first-order valence-electron chi connectivity index (χ1n) is 13.1. The minimum Gasteiger partial charge on any atom is -0.480 e. The number of aliphatic hydroxyl groups is 1. The second-order valence-corrected chi connectivity index (χ2v) is 14.2. The second kappa shape index (κ2) is 11.9. The third-order valence-electron chi connectivity index (χ3n) is 7.58. The van der Waals surface area contributed by atoms with Gasteiger partial charge in [-0.05, 0) is 55.5 Å². The molecule has 0 spiro atoms. The Kier molecular flexibility index (Phi) is 9.01. The number of benzene rings is 2. The predicted molar refractivity (Wildman–Crippen MR) is 148 cm³/mol. The van der Waals surface area contributed by atoms with Crippen LogP contribution in [0.25, 0.3) is 11.1 Å². The van der Waals surface area contributed by atoms with E-state index in [4.69, 9.17) is 0 Å². The molecule has 2 aromatic carbocycles. The lowest BCUT2D eigenvalue weighted by Crippen LogP contribution is -2.58. The molecule has 2 aliphatic rings. The number of aliphatic hydroxyl groups excluding tert-OH is 1. The van der Waals surface area contributed by atoms with Crippen molar-refractivity contribution in [2.24, 2.45) is 0 Å². The van der Waals surface area contributed by atoms with Gasteiger partial charge in [0.15, 0.2) is 0 Å². The van der Waals surface area contributed by atoms with Crippen LogP contribution in [0.3, 0.4) is 0 Å². The van der Waals surface area contributed by atoms with Gasteiger partial charge in [0.05, 0.1) is 11.5 Å². The molecule has 2 N–H and O–H groups in total. The number of rotatable bonds is 9. The molecule has 1 heterocycles. The van der Waals surface area contributed by atoms with Gasteiger partial charge >= 0.3 is 5.97 Å². The maximum Gasteiger partial charge on any atom is 0.323 e. The molecule has 7 nitrogen and oxygen atoms in total. The van der Waals surface area contributed by atoms with E-state index in [0.29, 0.717) is 18.3 Å². The minimum atomic E-state index is -3.95. The summed E-state index contributed by atoms with van der Waals surface area (Å²) in [6, 6.07) is 14.4. The normalized spacial score (nSPS) is 21.2. The van der Waals surface area contributed by atoms with Crippen molar-refractivity contribution >= 4 is 27.8 Å². The smallest absolute Gasteiger partial charge is 0.323 e. The van der Waals surface area contributed by atoms with Crippen LogP contribution in [0.2, 0.25) is 0 Å². The number of thioether (sulfide) groups is 1. The SMILES string of the molecule is CC1(C)SCCN(S(=O)(=O)c2ccc(-c3ccc(CN(CCO)C4CCCCC4)cc3)cc2)C1C(=O)O. The highest BCUT2D eigenvalue weighted by atomic mass is 32.2. The van der Waals surface area contributed by atoms with E-state index in [1.54, 1.807) is 38.1 Å². The topological polar surface area (TPSA) is 98.2 Å². The maximum atomic E-state index is 13.4. The molecular weight excluding hydrogens is 508 g/mol. The summed E-state index contributed by atoms with van der Waals surface area (Å²) in [7, 11) is -3.95. The first kappa shape index (κ1) is 28.1. The number of hydrogen-bond acceptors (Lipinski definition) is 6. The number of hydrogen-bond donors (Lipinski definition) is 2. The van der Waals surface area contributed by atoms with E-state index in [1.165, 1.54) is 49.4 Å². The summed E-state index contributed by atoms with van der Waals surface area (Å²) in [6.45, 7) is 5.37. The highest BCUT2D eigenvalue weighted by molar-refractivity contribution is 8.00. The monoisotopic (exact) mass is 546 g/mol. The van der Waals surface area contributed by atoms with Gasteiger partial charge in [0.1, 0.15) is 6.04 Å². The van der Waals surface area contributed by atoms with Gasteiger partial charge in [0.25, 0.3) is 0 Å². The van der Waals surface area contributed by atoms with E-state index in [2.05, 4.69) is 17.0 Å². The van der Waals surface area contributed by atoms with Crippen LogP contribution in [0.5, 0.6) is 0 Å². The van der Waals surface area contributed by atoms with Gasteiger partial charge in [-0.15, -0.1) is 0 Å². The van der Waals surface area contributed by atoms with Crippen molar-refractivity contribution in [2.75, 3.05) is 25.4 Å². The second-order valence-electron chi connectivity index (χ2n) is 10.5. The Balaban J connectivity index is 1.48. The minimum absolute atomic E-state index is 0.106. The molecule has 0 amide bonds. The van der Waals surface area contributed by atoms with E-state index < -0.39 is 26.8 Å². The average molecular weight is 547 g/mol. The lowest BCUT2D eigenvalue weighted by Gasteiger charge is -2.42. The molecule has 1 aliphatic heterocycles. The summed E-state index contributed by atoms with van der Waals surface area (Å²) < 4.78 is 27.2. The van der Waals surface area contributed by atoms with Crippen LogP contribution in [0, 0.1) is 0 Å². The molecule has 1 aliphatic carbocycles. The summed E-state index contributed by atoms with van der Waals surface area (Å²) in [4.78, 5) is 14.5. The highest BCUT2D eigenvalue weighted by Crippen LogP contribution is 2.38. The summed E-state index contributed by atoms with van der Waals surface area (Å²) in [5.41, 5.74) is 3.07. The number of aliphatic carboxylic acids is 1. The Hall–Kier alpha value is -1.91. The number of carbonyl (C=O) groups is 1. The average Bonchev–Trinajstić information content (AvgIpc) is 2.88. The fourth-order valence-corrected chi connectivity index (χ4v) is 8.69. The first-order valence-corrected chi connectivity index (χ1v) is 15.5. The van der Waals surface area contributed by atoms with Crippen molar-refractivity contribution in [1.29, 1.82) is 0 Å². The van der Waals surface area contributed by atoms with Gasteiger partial charge < -0.3 is 10.2 Å². The van der Waals surface area contributed by atoms with Gasteiger partial charge in [0.2, 0.25) is 10.0 Å². The molecule has 37 heavy (non-hydrogen) atoms. The van der Waals surface area contributed by atoms with Crippen molar-refractivity contribution in [1.82, 2.24) is 9.21 Å². The van der Waals surface area contributed by atoms with Gasteiger partial charge in [-0.3, -0.25) is 9.69 Å². The third kappa shape index (κ3) is 6.40. The quantitative estimate of drug-likeness (QED) is 0.480. The molecule has 4 rings (SSSR count). The Morgan fingerprint density at radius 1 is 1.03 bits per heavy atom. The fraction of sp³-hybridized carbons (Fsp3) is 0.536. The Bertz CT molecular complexity index is 1160. The van der Waals surface area contributed by atoms with Crippen molar-refractivity contribution in [3.63, 3.8) is 0 Å². The lowest BCUT2D eigenvalue weighted by atomic mass is 9.93. The van der Waals surface area contributed by atoms with Gasteiger partial charge in [-0.1, -0.05) is 55.7 Å². The van der Waals surface area contributed by atoms with Gasteiger partial charge in [-0.25, -0.2) is 8.42 Å². The van der Waals surface area contributed by atoms with Crippen LogP contribution in [-0.2, 0) is 21.4 Å². The van der Waals surface area contributed by atoms with E-state index in [9.17, 15) is 23.4 Å². The molecule has 0 bridgehead atoms. The van der Waals surface area contributed by atoms with Crippen molar-refractivity contribution in [3.05, 3.63) is 54.1 Å². The number of sulfonamides is 1. The van der Waals surface area contributed by atoms with Crippen LogP contribution in [-0.4, -0.2) is 76.1 Å². The molecule has 0 aromatic heterocycles. The van der Waals surface area contributed by atoms with E-state index in [0.717, 1.165) is 22.0 Å². The standard InChI is InChI=1S/C28H38N2O5S2/c1-28(2)26(27(32)33)30(17-19-36-28)37(34,35)25-14-12-23(13-15-25)22-10-8-21(9-11-22)20-29(16-18-31)24-6-4-3-5-7-24/h8-15,24,26,31H,3-7,16-20H2,1-2H3,(H,32,33). The molecule has 1 unspecified atom stereocenters. The molecular formula is C28H38N2O5S2. The molecule has 2 fully saturated rings. The molecule has 2 aromatic rings. The fourth-order valence-electron chi connectivity index (χ4n) is 5.59. The molecule has 1 saturated carbocycles. The third-order valence-corrected chi connectivity index (χ3v) is 10.8. The van der Waals surface area contributed by atoms with Crippen molar-refractivity contribution in [3.8, 4) is 11.1 Å². The summed E-state index contributed by atoms with van der Waals surface area (Å²) in [6.07, 6.45) is 6.18. The molecule has 202 valence electrons. The van der Waals surface area contributed by atoms with E-state index in [-0.39, 0.29) is 18.0 Å². The van der Waals surface area contributed by atoms with Gasteiger partial charge in [0, 0.05) is 36.2 Å². The zero-order valence-electron chi connectivity index (χ0n) is 21.7. The zero-order valence-corrected chi connectivity index (χ0v) is 23.3. The summed E-state index contributed by atoms with van der Waals surface area (Å²) in [5.74, 6) is -0.574. The van der Waals surface area contributed by atoms with Crippen LogP contribution in [0.1, 0.15) is 51.5 Å². The maximum absolute atomic E-state index is 13.4. The van der Waals surface area contributed by atoms with Crippen LogP contribution < -0.4 is 0 Å². The largest absolute Gasteiger partial charge is 0.480 e. The lowest BCUT2D eigenvalue weighted by molar-refractivity contribution is -0.142. The predicted octanol–water partition coefficient (Wildman–Crippen LogP) is 4.45. The van der Waals surface area contributed by atoms with E-state index in [1.807, 2.05) is 12.1 Å². The Morgan fingerprint density at radius 2 is 1.62 bits per heavy atom. The number of carboxylic acid groups (broad SMARTS) is 1. The van der Waals surface area contributed by atoms with Crippen LogP contribution in [0.15, 0.2) is 53.4 Å². The number of nitrogens with zero attached hydrogens (tertiary/aromatic N) is 2. The molecule has 9 heteroatoms. The highest BCUT2D eigenvalue weighted by Gasteiger charge is 2.48. The molecule has 1 saturated heterocycles. The van der Waals surface area contributed by atoms with Crippen molar-refractivity contribution in [2.45, 2.75) is 74.2 Å². The summed E-state index contributed by atoms with van der Waals surface area (Å²) in [5, 5.41) is 19.3.